The van der Waals surface area contributed by atoms with Gasteiger partial charge < -0.3 is 19.8 Å². The van der Waals surface area contributed by atoms with Crippen LogP contribution < -0.4 is 21.0 Å². The fourth-order valence-corrected chi connectivity index (χ4v) is 4.64. The first-order valence-electron chi connectivity index (χ1n) is 10.1. The smallest absolute Gasteiger partial charge is 0.345 e. The van der Waals surface area contributed by atoms with Gasteiger partial charge in [0.15, 0.2) is 11.2 Å². The number of nitriles is 1. The molecule has 7 heteroatoms. The zero-order chi connectivity index (χ0) is 21.8. The Kier molecular flexibility index (Phi) is 4.12. The molecular weight excluding hydrogens is 394 g/mol. The highest BCUT2D eigenvalue weighted by Gasteiger charge is 2.61. The predicted octanol–water partition coefficient (Wildman–Crippen LogP) is 3.31. The average Bonchev–Trinajstić information content (AvgIpc) is 3.01. The van der Waals surface area contributed by atoms with Gasteiger partial charge in [0.05, 0.1) is 5.39 Å². The molecule has 0 aliphatic carbocycles. The number of hydrogen-bond acceptors (Lipinski definition) is 6. The largest absolute Gasteiger partial charge is 0.439 e. The second-order valence-electron chi connectivity index (χ2n) is 7.62. The van der Waals surface area contributed by atoms with Crippen LogP contribution in [0.5, 0.6) is 5.75 Å². The third-order valence-electron chi connectivity index (χ3n) is 5.99. The van der Waals surface area contributed by atoms with E-state index in [2.05, 4.69) is 6.07 Å². The summed E-state index contributed by atoms with van der Waals surface area (Å²) in [6.45, 7) is 2.49. The number of benzene rings is 2. The number of hydrogen-bond donors (Lipinski definition) is 1. The molecule has 3 heterocycles. The molecule has 0 fully saturated rings. The van der Waals surface area contributed by atoms with Crippen molar-refractivity contribution in [2.75, 3.05) is 11.4 Å². The van der Waals surface area contributed by atoms with Crippen molar-refractivity contribution in [1.82, 2.24) is 0 Å². The Bertz CT molecular complexity index is 1380. The molecule has 154 valence electrons. The lowest BCUT2D eigenvalue weighted by Gasteiger charge is -2.33. The van der Waals surface area contributed by atoms with Crippen LogP contribution in [0.4, 0.5) is 5.69 Å². The highest BCUT2D eigenvalue weighted by molar-refractivity contribution is 6.14. The highest BCUT2D eigenvalue weighted by Crippen LogP contribution is 2.55. The first-order chi connectivity index (χ1) is 15.1. The molecule has 31 heavy (non-hydrogen) atoms. The molecule has 0 bridgehead atoms. The van der Waals surface area contributed by atoms with Crippen LogP contribution in [0, 0.1) is 11.3 Å². The molecule has 1 amide bonds. The van der Waals surface area contributed by atoms with Crippen molar-refractivity contribution in [2.45, 2.75) is 25.2 Å². The molecule has 3 aromatic rings. The number of fused-ring (bicyclic) bond motifs is 6. The standard InChI is InChI=1S/C24H19N3O4/c1-2-3-12-27-17-10-6-5-9-15(17)24(23(27)29)16(13-25)21(26)31-20-14-8-4-7-11-18(14)30-22(28)19(20)24/h4-11H,2-3,12,26H2,1H3/t24-/m0/s1. The minimum absolute atomic E-state index is 0.00611. The van der Waals surface area contributed by atoms with E-state index >= 15 is 0 Å². The van der Waals surface area contributed by atoms with Crippen molar-refractivity contribution in [3.63, 3.8) is 0 Å². The summed E-state index contributed by atoms with van der Waals surface area (Å²) in [5, 5.41) is 10.6. The van der Waals surface area contributed by atoms with Crippen molar-refractivity contribution in [1.29, 1.82) is 5.26 Å². The molecule has 2 aliphatic rings. The number of para-hydroxylation sites is 2. The number of carbonyl (C=O) groups excluding carboxylic acids is 1. The second kappa shape index (κ2) is 6.74. The SMILES string of the molecule is CCCCN1C(=O)[C@]2(C(C#N)=C(N)Oc3c2c(=O)oc2ccccc32)c2ccccc21. The molecule has 1 atom stereocenters. The maximum absolute atomic E-state index is 14.1. The van der Waals surface area contributed by atoms with Crippen molar-refractivity contribution in [3.05, 3.63) is 81.5 Å². The molecule has 0 radical (unpaired) electrons. The monoisotopic (exact) mass is 413 g/mol. The van der Waals surface area contributed by atoms with E-state index in [1.165, 1.54) is 0 Å². The molecule has 1 aromatic heterocycles. The van der Waals surface area contributed by atoms with Crippen LogP contribution >= 0.6 is 0 Å². The van der Waals surface area contributed by atoms with Crippen LogP contribution in [0.3, 0.4) is 0 Å². The summed E-state index contributed by atoms with van der Waals surface area (Å²) in [6.07, 6.45) is 1.65. The number of nitrogens with zero attached hydrogens (tertiary/aromatic N) is 2. The van der Waals surface area contributed by atoms with Crippen LogP contribution in [0.25, 0.3) is 11.0 Å². The van der Waals surface area contributed by atoms with E-state index in [-0.39, 0.29) is 22.8 Å². The maximum Gasteiger partial charge on any atom is 0.345 e. The molecule has 0 saturated heterocycles. The summed E-state index contributed by atoms with van der Waals surface area (Å²) in [5.74, 6) is -0.427. The Hall–Kier alpha value is -4.05. The summed E-state index contributed by atoms with van der Waals surface area (Å²) >= 11 is 0. The lowest BCUT2D eigenvalue weighted by molar-refractivity contribution is -0.121. The highest BCUT2D eigenvalue weighted by atomic mass is 16.5. The molecule has 7 nitrogen and oxygen atoms in total. The average molecular weight is 413 g/mol. The van der Waals surface area contributed by atoms with Crippen molar-refractivity contribution >= 4 is 22.6 Å². The number of amides is 1. The van der Waals surface area contributed by atoms with E-state index in [1.54, 1.807) is 41.3 Å². The fraction of sp³-hybridized carbons (Fsp3) is 0.208. The zero-order valence-electron chi connectivity index (χ0n) is 16.8. The van der Waals surface area contributed by atoms with Gasteiger partial charge in [-0.2, -0.15) is 5.26 Å². The van der Waals surface area contributed by atoms with Gasteiger partial charge in [0.2, 0.25) is 11.8 Å². The van der Waals surface area contributed by atoms with E-state index in [0.29, 0.717) is 28.8 Å². The minimum atomic E-state index is -1.71. The maximum atomic E-state index is 14.1. The summed E-state index contributed by atoms with van der Waals surface area (Å²) in [6, 6.07) is 16.1. The van der Waals surface area contributed by atoms with Gasteiger partial charge in [0.25, 0.3) is 0 Å². The van der Waals surface area contributed by atoms with Gasteiger partial charge in [-0.15, -0.1) is 0 Å². The second-order valence-corrected chi connectivity index (χ2v) is 7.62. The quantitative estimate of drug-likeness (QED) is 0.660. The van der Waals surface area contributed by atoms with Crippen molar-refractivity contribution < 1.29 is 13.9 Å². The van der Waals surface area contributed by atoms with Gasteiger partial charge in [-0.1, -0.05) is 43.7 Å². The number of nitrogens with two attached hydrogens (primary N) is 1. The molecule has 2 aliphatic heterocycles. The van der Waals surface area contributed by atoms with Gasteiger partial charge in [0.1, 0.15) is 22.8 Å². The Balaban J connectivity index is 1.94. The Morgan fingerprint density at radius 2 is 1.87 bits per heavy atom. The summed E-state index contributed by atoms with van der Waals surface area (Å²) < 4.78 is 11.4. The molecule has 0 unspecified atom stereocenters. The number of anilines is 1. The summed E-state index contributed by atoms with van der Waals surface area (Å²) in [4.78, 5) is 29.0. The normalized spacial score (nSPS) is 19.4. The third kappa shape index (κ3) is 2.33. The lowest BCUT2D eigenvalue weighted by atomic mass is 9.69. The summed E-state index contributed by atoms with van der Waals surface area (Å²) in [5.41, 5.74) is 5.16. The van der Waals surface area contributed by atoms with Crippen LogP contribution in [-0.2, 0) is 10.2 Å². The Morgan fingerprint density at radius 3 is 2.65 bits per heavy atom. The van der Waals surface area contributed by atoms with Gasteiger partial charge in [-0.05, 0) is 24.6 Å². The van der Waals surface area contributed by atoms with Crippen LogP contribution in [-0.4, -0.2) is 12.5 Å². The van der Waals surface area contributed by atoms with Crippen molar-refractivity contribution in [3.8, 4) is 11.8 Å². The van der Waals surface area contributed by atoms with E-state index in [1.807, 2.05) is 19.1 Å². The minimum Gasteiger partial charge on any atom is -0.439 e. The zero-order valence-corrected chi connectivity index (χ0v) is 16.8. The first kappa shape index (κ1) is 18.9. The fourth-order valence-electron chi connectivity index (χ4n) is 4.64. The van der Waals surface area contributed by atoms with E-state index in [4.69, 9.17) is 14.9 Å². The molecule has 1 spiro atoms. The topological polar surface area (TPSA) is 110 Å². The third-order valence-corrected chi connectivity index (χ3v) is 5.99. The van der Waals surface area contributed by atoms with Crippen LogP contribution in [0.1, 0.15) is 30.9 Å². The van der Waals surface area contributed by atoms with Gasteiger partial charge >= 0.3 is 5.63 Å². The first-order valence-corrected chi connectivity index (χ1v) is 10.1. The molecule has 0 saturated carbocycles. The lowest BCUT2D eigenvalue weighted by Crippen LogP contribution is -2.48. The Labute approximate surface area is 177 Å². The van der Waals surface area contributed by atoms with E-state index < -0.39 is 16.9 Å². The number of carbonyl (C=O) groups is 1. The van der Waals surface area contributed by atoms with E-state index in [0.717, 1.165) is 12.8 Å². The van der Waals surface area contributed by atoms with Crippen molar-refractivity contribution in [2.24, 2.45) is 5.73 Å². The van der Waals surface area contributed by atoms with Crippen LogP contribution in [0.15, 0.2) is 69.2 Å². The van der Waals surface area contributed by atoms with Crippen LogP contribution in [0.2, 0.25) is 0 Å². The predicted molar refractivity (Wildman–Crippen MR) is 114 cm³/mol. The van der Waals surface area contributed by atoms with E-state index in [9.17, 15) is 14.9 Å². The van der Waals surface area contributed by atoms with Gasteiger partial charge in [-0.3, -0.25) is 4.79 Å². The molecule has 2 N–H and O–H groups in total. The molecular formula is C24H19N3O4. The summed E-state index contributed by atoms with van der Waals surface area (Å²) in [7, 11) is 0. The molecule has 5 rings (SSSR count). The number of unbranched alkanes of at least 4 members (excludes halogenated alkanes) is 1. The number of ether oxygens (including phenoxy) is 1. The van der Waals surface area contributed by atoms with Gasteiger partial charge in [-0.25, -0.2) is 4.79 Å². The Morgan fingerprint density at radius 1 is 1.13 bits per heavy atom. The number of rotatable bonds is 3. The van der Waals surface area contributed by atoms with Gasteiger partial charge in [0, 0.05) is 17.8 Å². The molecule has 2 aromatic carbocycles.